The van der Waals surface area contributed by atoms with E-state index in [0.717, 1.165) is 48.5 Å². The fourth-order valence-corrected chi connectivity index (χ4v) is 3.68. The zero-order valence-corrected chi connectivity index (χ0v) is 18.1. The molecule has 0 spiro atoms. The lowest BCUT2D eigenvalue weighted by molar-refractivity contribution is 0.149. The molecule has 0 radical (unpaired) electrons. The van der Waals surface area contributed by atoms with Crippen LogP contribution >= 0.6 is 0 Å². The zero-order valence-electron chi connectivity index (χ0n) is 18.1. The molecule has 3 aromatic rings. The molecule has 1 aromatic carbocycles. The largest absolute Gasteiger partial charge is 0.497 e. The molecular formula is C22H30N6O2. The molecule has 1 saturated heterocycles. The van der Waals surface area contributed by atoms with Gasteiger partial charge in [-0.15, -0.1) is 0 Å². The maximum absolute atomic E-state index is 6.17. The first-order valence-electron chi connectivity index (χ1n) is 10.6. The van der Waals surface area contributed by atoms with E-state index in [-0.39, 0.29) is 12.1 Å². The average Bonchev–Trinajstić information content (AvgIpc) is 3.19. The molecule has 1 aliphatic heterocycles. The Labute approximate surface area is 177 Å². The predicted molar refractivity (Wildman–Crippen MR) is 116 cm³/mol. The molecule has 3 heterocycles. The van der Waals surface area contributed by atoms with Crippen molar-refractivity contribution in [1.82, 2.24) is 24.9 Å². The van der Waals surface area contributed by atoms with Crippen molar-refractivity contribution in [2.75, 3.05) is 25.5 Å². The third kappa shape index (κ3) is 4.33. The summed E-state index contributed by atoms with van der Waals surface area (Å²) in [5.74, 6) is 1.74. The number of benzene rings is 1. The van der Waals surface area contributed by atoms with Gasteiger partial charge in [0.2, 0.25) is 5.95 Å². The minimum Gasteiger partial charge on any atom is -0.497 e. The Bertz CT molecular complexity index is 996. The van der Waals surface area contributed by atoms with Crippen LogP contribution in [0.4, 0.5) is 5.95 Å². The Morgan fingerprint density at radius 2 is 1.97 bits per heavy atom. The maximum atomic E-state index is 6.17. The van der Waals surface area contributed by atoms with Gasteiger partial charge in [0, 0.05) is 5.56 Å². The molecule has 0 amide bonds. The monoisotopic (exact) mass is 410 g/mol. The average molecular weight is 411 g/mol. The van der Waals surface area contributed by atoms with Crippen LogP contribution in [0.3, 0.4) is 0 Å². The Balaban J connectivity index is 1.67. The van der Waals surface area contributed by atoms with Crippen molar-refractivity contribution in [2.24, 2.45) is 0 Å². The van der Waals surface area contributed by atoms with Crippen molar-refractivity contribution in [3.8, 4) is 11.8 Å². The number of methoxy groups -OCH3 is 1. The summed E-state index contributed by atoms with van der Waals surface area (Å²) < 4.78 is 13.3. The SMILES string of the molecule is COc1cccc([C@H](C)Nc2nc(OC3CCNCC3)nc3c(C(C)C)cnn23)c1. The molecule has 1 aliphatic rings. The lowest BCUT2D eigenvalue weighted by Gasteiger charge is -2.23. The summed E-state index contributed by atoms with van der Waals surface area (Å²) in [6, 6.07) is 8.40. The van der Waals surface area contributed by atoms with E-state index in [1.165, 1.54) is 0 Å². The van der Waals surface area contributed by atoms with Crippen LogP contribution in [-0.2, 0) is 0 Å². The standard InChI is InChI=1S/C22H30N6O2/c1-14(2)19-13-24-28-20(19)26-22(30-17-8-10-23-11-9-17)27-21(28)25-15(3)16-6-5-7-18(12-16)29-4/h5-7,12-15,17,23H,8-11H2,1-4H3,(H,25,26,27)/t15-/m0/s1. The molecule has 30 heavy (non-hydrogen) atoms. The summed E-state index contributed by atoms with van der Waals surface area (Å²) in [6.07, 6.45) is 3.90. The highest BCUT2D eigenvalue weighted by Crippen LogP contribution is 2.27. The van der Waals surface area contributed by atoms with Gasteiger partial charge in [-0.2, -0.15) is 19.6 Å². The van der Waals surface area contributed by atoms with Crippen LogP contribution in [0, 0.1) is 0 Å². The molecule has 1 fully saturated rings. The number of aromatic nitrogens is 4. The first-order chi connectivity index (χ1) is 14.5. The van der Waals surface area contributed by atoms with Crippen LogP contribution in [0.15, 0.2) is 30.5 Å². The molecule has 2 aromatic heterocycles. The molecule has 0 saturated carbocycles. The van der Waals surface area contributed by atoms with Gasteiger partial charge in [0.1, 0.15) is 11.9 Å². The van der Waals surface area contributed by atoms with Crippen LogP contribution < -0.4 is 20.1 Å². The second-order valence-electron chi connectivity index (χ2n) is 8.03. The van der Waals surface area contributed by atoms with Crippen molar-refractivity contribution in [3.05, 3.63) is 41.6 Å². The Kier molecular flexibility index (Phi) is 6.03. The van der Waals surface area contributed by atoms with E-state index in [9.17, 15) is 0 Å². The smallest absolute Gasteiger partial charge is 0.322 e. The van der Waals surface area contributed by atoms with Gasteiger partial charge in [0.25, 0.3) is 0 Å². The summed E-state index contributed by atoms with van der Waals surface area (Å²) >= 11 is 0. The fourth-order valence-electron chi connectivity index (χ4n) is 3.68. The zero-order chi connectivity index (χ0) is 21.1. The minimum atomic E-state index is -0.00312. The number of fused-ring (bicyclic) bond motifs is 1. The molecule has 160 valence electrons. The number of ether oxygens (including phenoxy) is 2. The van der Waals surface area contributed by atoms with E-state index in [4.69, 9.17) is 14.5 Å². The van der Waals surface area contributed by atoms with E-state index in [2.05, 4.69) is 47.6 Å². The van der Waals surface area contributed by atoms with Gasteiger partial charge in [0.15, 0.2) is 5.65 Å². The van der Waals surface area contributed by atoms with Gasteiger partial charge in [-0.1, -0.05) is 26.0 Å². The summed E-state index contributed by atoms with van der Waals surface area (Å²) in [7, 11) is 1.67. The van der Waals surface area contributed by atoms with E-state index in [1.807, 2.05) is 24.4 Å². The number of hydrogen-bond donors (Lipinski definition) is 2. The molecule has 0 bridgehead atoms. The third-order valence-corrected chi connectivity index (χ3v) is 5.49. The molecule has 8 heteroatoms. The van der Waals surface area contributed by atoms with E-state index in [0.29, 0.717) is 17.9 Å². The highest BCUT2D eigenvalue weighted by atomic mass is 16.5. The highest BCUT2D eigenvalue weighted by Gasteiger charge is 2.21. The second kappa shape index (κ2) is 8.87. The summed E-state index contributed by atoms with van der Waals surface area (Å²) in [4.78, 5) is 9.39. The maximum Gasteiger partial charge on any atom is 0.322 e. The van der Waals surface area contributed by atoms with Gasteiger partial charge in [-0.25, -0.2) is 0 Å². The van der Waals surface area contributed by atoms with Crippen LogP contribution in [0.5, 0.6) is 11.8 Å². The molecule has 4 rings (SSSR count). The highest BCUT2D eigenvalue weighted by molar-refractivity contribution is 5.53. The van der Waals surface area contributed by atoms with Gasteiger partial charge < -0.3 is 20.1 Å². The first-order valence-corrected chi connectivity index (χ1v) is 10.6. The van der Waals surface area contributed by atoms with Crippen molar-refractivity contribution >= 4 is 11.6 Å². The van der Waals surface area contributed by atoms with Crippen molar-refractivity contribution < 1.29 is 9.47 Å². The minimum absolute atomic E-state index is 0.00312. The summed E-state index contributed by atoms with van der Waals surface area (Å²) in [5, 5.41) is 11.4. The first kappa shape index (κ1) is 20.4. The van der Waals surface area contributed by atoms with Crippen LogP contribution in [0.1, 0.15) is 56.7 Å². The van der Waals surface area contributed by atoms with Crippen LogP contribution in [0.25, 0.3) is 5.65 Å². The number of hydrogen-bond acceptors (Lipinski definition) is 7. The van der Waals surface area contributed by atoms with Crippen molar-refractivity contribution in [1.29, 1.82) is 0 Å². The molecule has 2 N–H and O–H groups in total. The van der Waals surface area contributed by atoms with E-state index >= 15 is 0 Å². The van der Waals surface area contributed by atoms with E-state index < -0.39 is 0 Å². The van der Waals surface area contributed by atoms with Gasteiger partial charge in [0.05, 0.1) is 19.3 Å². The Hall–Kier alpha value is -2.87. The van der Waals surface area contributed by atoms with Crippen molar-refractivity contribution in [3.63, 3.8) is 0 Å². The molecule has 0 aliphatic carbocycles. The number of nitrogens with zero attached hydrogens (tertiary/aromatic N) is 4. The molecular weight excluding hydrogens is 380 g/mol. The molecule has 0 unspecified atom stereocenters. The number of nitrogens with one attached hydrogen (secondary N) is 2. The number of anilines is 1. The van der Waals surface area contributed by atoms with Crippen LogP contribution in [0.2, 0.25) is 0 Å². The van der Waals surface area contributed by atoms with Gasteiger partial charge in [-0.05, 0) is 56.5 Å². The normalized spacial score (nSPS) is 16.0. The lowest BCUT2D eigenvalue weighted by Crippen LogP contribution is -2.34. The Morgan fingerprint density at radius 1 is 1.17 bits per heavy atom. The summed E-state index contributed by atoms with van der Waals surface area (Å²) in [6.45, 7) is 8.27. The quantitative estimate of drug-likeness (QED) is 0.616. The fraction of sp³-hybridized carbons (Fsp3) is 0.500. The predicted octanol–water partition coefficient (Wildman–Crippen LogP) is 3.56. The van der Waals surface area contributed by atoms with E-state index in [1.54, 1.807) is 11.6 Å². The number of rotatable bonds is 7. The molecule has 1 atom stereocenters. The van der Waals surface area contributed by atoms with Crippen molar-refractivity contribution in [2.45, 2.75) is 51.7 Å². The number of piperidine rings is 1. The summed E-state index contributed by atoms with van der Waals surface area (Å²) in [5.41, 5.74) is 2.95. The van der Waals surface area contributed by atoms with Gasteiger partial charge in [-0.3, -0.25) is 0 Å². The second-order valence-corrected chi connectivity index (χ2v) is 8.03. The van der Waals surface area contributed by atoms with Crippen LogP contribution in [-0.4, -0.2) is 45.9 Å². The van der Waals surface area contributed by atoms with Gasteiger partial charge >= 0.3 is 6.01 Å². The topological polar surface area (TPSA) is 85.6 Å². The lowest BCUT2D eigenvalue weighted by atomic mass is 10.1. The Morgan fingerprint density at radius 3 is 2.70 bits per heavy atom. The third-order valence-electron chi connectivity index (χ3n) is 5.49. The molecule has 8 nitrogen and oxygen atoms in total.